The Labute approximate surface area is 109 Å². The van der Waals surface area contributed by atoms with Gasteiger partial charge in [-0.1, -0.05) is 13.5 Å². The largest absolute Gasteiger partial charge is 0.508 e. The molecule has 100 valence electrons. The second-order valence-electron chi connectivity index (χ2n) is 3.38. The van der Waals surface area contributed by atoms with Gasteiger partial charge in [-0.15, -0.1) is 0 Å². The van der Waals surface area contributed by atoms with Crippen LogP contribution in [0.1, 0.15) is 20.3 Å². The van der Waals surface area contributed by atoms with Crippen LogP contribution in [-0.2, 0) is 23.9 Å². The molecule has 0 N–H and O–H groups in total. The van der Waals surface area contributed by atoms with Crippen molar-refractivity contribution in [1.29, 1.82) is 0 Å². The van der Waals surface area contributed by atoms with E-state index in [9.17, 15) is 19.2 Å². The molecule has 19 heavy (non-hydrogen) atoms. The maximum absolute atomic E-state index is 11.5. The van der Waals surface area contributed by atoms with E-state index < -0.39 is 20.3 Å². The third kappa shape index (κ3) is 4.38. The fraction of sp³-hybridized carbons (Fsp3) is 0.400. The van der Waals surface area contributed by atoms with Crippen LogP contribution >= 0.6 is 0 Å². The molecule has 0 saturated carbocycles. The smallest absolute Gasteiger partial charge is 0.456 e. The number of hydrogen-bond acceptors (Lipinski definition) is 8. The van der Waals surface area contributed by atoms with Gasteiger partial charge >= 0.3 is 14.5 Å². The molecular weight excluding hydrogens is 270 g/mol. The molecule has 0 aliphatic rings. The first-order valence-electron chi connectivity index (χ1n) is 5.11. The summed E-state index contributed by atoms with van der Waals surface area (Å²) in [5.74, 6) is -0.771. The lowest BCUT2D eigenvalue weighted by molar-refractivity contribution is -0.141. The van der Waals surface area contributed by atoms with Crippen LogP contribution in [0.3, 0.4) is 0 Å². The Hall–Kier alpha value is -2.43. The Morgan fingerprint density at radius 1 is 1.21 bits per heavy atom. The van der Waals surface area contributed by atoms with Gasteiger partial charge in [-0.2, -0.15) is 14.0 Å². The molecule has 0 aliphatic heterocycles. The summed E-state index contributed by atoms with van der Waals surface area (Å²) in [5.41, 5.74) is -1.03. The fourth-order valence-electron chi connectivity index (χ4n) is 1.16. The van der Waals surface area contributed by atoms with Crippen LogP contribution < -0.4 is 0 Å². The Bertz CT molecular complexity index is 468. The van der Waals surface area contributed by atoms with E-state index in [4.69, 9.17) is 4.74 Å². The molecule has 0 aromatic heterocycles. The Morgan fingerprint density at radius 2 is 1.63 bits per heavy atom. The minimum Gasteiger partial charge on any atom is -0.456 e. The van der Waals surface area contributed by atoms with Gasteiger partial charge in [-0.25, -0.2) is 19.2 Å². The minimum atomic E-state index is -3.91. The highest BCUT2D eigenvalue weighted by atomic mass is 28.4. The van der Waals surface area contributed by atoms with Crippen molar-refractivity contribution in [3.63, 3.8) is 0 Å². The highest BCUT2D eigenvalue weighted by Crippen LogP contribution is 2.20. The Morgan fingerprint density at radius 3 is 1.89 bits per heavy atom. The van der Waals surface area contributed by atoms with Gasteiger partial charge in [0.25, 0.3) is 0 Å². The van der Waals surface area contributed by atoms with E-state index in [1.54, 1.807) is 6.92 Å². The number of isocyanates is 3. The topological polar surface area (TPSA) is 115 Å². The van der Waals surface area contributed by atoms with E-state index >= 15 is 0 Å². The van der Waals surface area contributed by atoms with Crippen molar-refractivity contribution in [3.8, 4) is 0 Å². The summed E-state index contributed by atoms with van der Waals surface area (Å²) >= 11 is 0. The molecule has 0 rings (SSSR count). The molecule has 0 fully saturated rings. The zero-order valence-corrected chi connectivity index (χ0v) is 11.4. The van der Waals surface area contributed by atoms with Crippen molar-refractivity contribution in [2.24, 2.45) is 14.0 Å². The summed E-state index contributed by atoms with van der Waals surface area (Å²) in [4.78, 5) is 42.7. The first-order valence-corrected chi connectivity index (χ1v) is 7.02. The molecule has 0 heterocycles. The van der Waals surface area contributed by atoms with Crippen molar-refractivity contribution in [1.82, 2.24) is 0 Å². The summed E-state index contributed by atoms with van der Waals surface area (Å²) < 4.78 is 14.8. The zero-order chi connectivity index (χ0) is 14.9. The van der Waals surface area contributed by atoms with E-state index in [1.165, 1.54) is 25.2 Å². The van der Waals surface area contributed by atoms with Gasteiger partial charge < -0.3 is 4.74 Å². The molecule has 0 spiro atoms. The van der Waals surface area contributed by atoms with Crippen molar-refractivity contribution in [2.75, 3.05) is 0 Å². The number of hydrogen-bond donors (Lipinski definition) is 0. The summed E-state index contributed by atoms with van der Waals surface area (Å²) in [6.45, 7) is 6.37. The van der Waals surface area contributed by atoms with Crippen molar-refractivity contribution in [2.45, 2.75) is 26.0 Å². The second kappa shape index (κ2) is 7.81. The average Bonchev–Trinajstić information content (AvgIpc) is 2.36. The predicted octanol–water partition coefficient (Wildman–Crippen LogP) is 0.370. The lowest BCUT2D eigenvalue weighted by Crippen LogP contribution is -2.46. The average molecular weight is 281 g/mol. The normalized spacial score (nSPS) is 13.6. The standard InChI is InChI=1S/C10H11N3O5Si/c1-4-9(18-10(17)8(2)3)19(11-5-14,12-6-15)13-7-16/h9H,2,4H2,1,3H3. The van der Waals surface area contributed by atoms with E-state index in [0.717, 1.165) is 0 Å². The number of carbonyl (C=O) groups is 1. The minimum absolute atomic E-state index is 0.0987. The Balaban J connectivity index is 5.71. The monoisotopic (exact) mass is 281 g/mol. The van der Waals surface area contributed by atoms with Gasteiger partial charge in [0.2, 0.25) is 18.2 Å². The van der Waals surface area contributed by atoms with Crippen LogP contribution in [0.25, 0.3) is 0 Å². The number of esters is 1. The van der Waals surface area contributed by atoms with Crippen LogP contribution in [0.5, 0.6) is 0 Å². The molecule has 1 unspecified atom stereocenters. The molecule has 9 heteroatoms. The van der Waals surface area contributed by atoms with Crippen LogP contribution in [0.2, 0.25) is 0 Å². The molecule has 1 atom stereocenters. The first-order chi connectivity index (χ1) is 8.97. The third-order valence-corrected chi connectivity index (χ3v) is 4.68. The SMILES string of the molecule is C=C(C)C(=O)OC(CC)[Si](N=C=O)(N=C=O)N=C=O. The maximum atomic E-state index is 11.5. The molecule has 0 radical (unpaired) electrons. The van der Waals surface area contributed by atoms with Crippen LogP contribution in [-0.4, -0.2) is 38.5 Å². The van der Waals surface area contributed by atoms with Gasteiger partial charge in [0.1, 0.15) is 0 Å². The van der Waals surface area contributed by atoms with Crippen LogP contribution in [0.4, 0.5) is 0 Å². The van der Waals surface area contributed by atoms with E-state index in [2.05, 4.69) is 20.6 Å². The Kier molecular flexibility index (Phi) is 6.81. The van der Waals surface area contributed by atoms with E-state index in [0.29, 0.717) is 0 Å². The summed E-state index contributed by atoms with van der Waals surface area (Å²) in [5, 5.41) is 0. The highest BCUT2D eigenvalue weighted by molar-refractivity contribution is 6.78. The lowest BCUT2D eigenvalue weighted by atomic mass is 10.4. The zero-order valence-electron chi connectivity index (χ0n) is 10.4. The number of nitrogens with zero attached hydrogens (tertiary/aromatic N) is 3. The molecule has 8 nitrogen and oxygen atoms in total. The first kappa shape index (κ1) is 16.6. The van der Waals surface area contributed by atoms with Gasteiger partial charge in [0.15, 0.2) is 5.73 Å². The summed E-state index contributed by atoms with van der Waals surface area (Å²) in [6, 6.07) is 0. The lowest BCUT2D eigenvalue weighted by Gasteiger charge is -2.22. The summed E-state index contributed by atoms with van der Waals surface area (Å²) in [7, 11) is -3.91. The second-order valence-corrected chi connectivity index (χ2v) is 6.07. The van der Waals surface area contributed by atoms with E-state index in [1.807, 2.05) is 0 Å². The molecule has 0 aromatic carbocycles. The van der Waals surface area contributed by atoms with Crippen LogP contribution in [0, 0.1) is 0 Å². The molecule has 0 amide bonds. The van der Waals surface area contributed by atoms with Crippen molar-refractivity contribution < 1.29 is 23.9 Å². The molecule has 0 bridgehead atoms. The third-order valence-electron chi connectivity index (χ3n) is 2.03. The van der Waals surface area contributed by atoms with Gasteiger partial charge in [0, 0.05) is 5.57 Å². The quantitative estimate of drug-likeness (QED) is 0.220. The number of ether oxygens (including phenoxy) is 1. The molecule has 0 aliphatic carbocycles. The number of carbonyl (C=O) groups excluding carboxylic acids is 4. The highest BCUT2D eigenvalue weighted by Gasteiger charge is 2.48. The molecule has 0 aromatic rings. The predicted molar refractivity (Wildman–Crippen MR) is 65.1 cm³/mol. The fourth-order valence-corrected chi connectivity index (χ4v) is 2.96. The maximum Gasteiger partial charge on any atom is 0.508 e. The van der Waals surface area contributed by atoms with Crippen LogP contribution in [0.15, 0.2) is 26.1 Å². The van der Waals surface area contributed by atoms with E-state index in [-0.39, 0.29) is 12.0 Å². The van der Waals surface area contributed by atoms with Gasteiger partial charge in [0.05, 0.1) is 0 Å². The number of rotatable bonds is 7. The van der Waals surface area contributed by atoms with Gasteiger partial charge in [-0.05, 0) is 13.3 Å². The molecular formula is C10H11N3O5Si. The summed E-state index contributed by atoms with van der Waals surface area (Å²) in [6.07, 6.45) is 3.65. The van der Waals surface area contributed by atoms with Gasteiger partial charge in [-0.3, -0.25) is 0 Å². The molecule has 0 saturated heterocycles. The van der Waals surface area contributed by atoms with Crippen molar-refractivity contribution >= 4 is 32.8 Å². The van der Waals surface area contributed by atoms with Crippen molar-refractivity contribution in [3.05, 3.63) is 12.2 Å².